The van der Waals surface area contributed by atoms with Gasteiger partial charge in [-0.3, -0.25) is 4.90 Å². The van der Waals surface area contributed by atoms with E-state index < -0.39 is 6.10 Å². The summed E-state index contributed by atoms with van der Waals surface area (Å²) in [7, 11) is 1.70. The van der Waals surface area contributed by atoms with Crippen molar-refractivity contribution in [2.75, 3.05) is 51.4 Å². The molecule has 1 aliphatic heterocycles. The zero-order valence-electron chi connectivity index (χ0n) is 20.0. The van der Waals surface area contributed by atoms with Crippen LogP contribution >= 0.6 is 0 Å². The number of aliphatic hydroxyl groups excluding tert-OH is 1. The van der Waals surface area contributed by atoms with Crippen LogP contribution < -0.4 is 4.90 Å². The van der Waals surface area contributed by atoms with Crippen LogP contribution in [0.4, 0.5) is 5.88 Å². The largest absolute Gasteiger partial charge is 0.389 e. The van der Waals surface area contributed by atoms with Gasteiger partial charge in [-0.2, -0.15) is 0 Å². The lowest BCUT2D eigenvalue weighted by atomic mass is 9.98. The molecule has 7 heteroatoms. The van der Waals surface area contributed by atoms with E-state index in [4.69, 9.17) is 14.0 Å². The molecule has 1 N–H and O–H groups in total. The second-order valence-corrected chi connectivity index (χ2v) is 9.11. The summed E-state index contributed by atoms with van der Waals surface area (Å²) in [5.74, 6) is 1.59. The molecule has 1 atom stereocenters. The molecule has 0 saturated carbocycles. The molecule has 178 valence electrons. The first-order valence-electron chi connectivity index (χ1n) is 11.8. The van der Waals surface area contributed by atoms with Crippen molar-refractivity contribution in [3.05, 3.63) is 35.9 Å². The van der Waals surface area contributed by atoms with Gasteiger partial charge >= 0.3 is 0 Å². The number of aromatic nitrogens is 1. The van der Waals surface area contributed by atoms with Gasteiger partial charge in [0.15, 0.2) is 0 Å². The number of hydrogen-bond acceptors (Lipinski definition) is 7. The third-order valence-corrected chi connectivity index (χ3v) is 5.97. The Bertz CT molecular complexity index is 788. The first-order chi connectivity index (χ1) is 15.5. The number of rotatable bonds is 12. The molecule has 1 saturated heterocycles. The Labute approximate surface area is 192 Å². The molecule has 1 aliphatic rings. The number of nitrogens with zero attached hydrogens (tertiary/aromatic N) is 3. The molecular weight excluding hydrogens is 406 g/mol. The van der Waals surface area contributed by atoms with Crippen LogP contribution in [0.2, 0.25) is 0 Å². The maximum atomic E-state index is 10.6. The summed E-state index contributed by atoms with van der Waals surface area (Å²) in [6.45, 7) is 10.9. The van der Waals surface area contributed by atoms with Crippen LogP contribution in [-0.4, -0.2) is 73.9 Å². The van der Waals surface area contributed by atoms with Crippen molar-refractivity contribution < 1.29 is 19.1 Å². The van der Waals surface area contributed by atoms with Crippen molar-refractivity contribution in [2.24, 2.45) is 5.92 Å². The van der Waals surface area contributed by atoms with Gasteiger partial charge in [0, 0.05) is 45.4 Å². The van der Waals surface area contributed by atoms with E-state index >= 15 is 0 Å². The summed E-state index contributed by atoms with van der Waals surface area (Å²) < 4.78 is 16.9. The zero-order chi connectivity index (χ0) is 22.9. The first-order valence-corrected chi connectivity index (χ1v) is 11.8. The number of piperidine rings is 1. The second-order valence-electron chi connectivity index (χ2n) is 9.11. The number of ether oxygens (including phenoxy) is 2. The third kappa shape index (κ3) is 7.04. The SMILES string of the molecule is COCCN(Cc1c(-c2ccccc2)noc1N1CCC(C)CC1)C[C@@H](O)COC(C)C. The zero-order valence-corrected chi connectivity index (χ0v) is 20.0. The lowest BCUT2D eigenvalue weighted by molar-refractivity contribution is -0.0121. The fourth-order valence-corrected chi connectivity index (χ4v) is 4.06. The van der Waals surface area contributed by atoms with E-state index in [0.717, 1.165) is 54.6 Å². The Morgan fingerprint density at radius 3 is 2.59 bits per heavy atom. The lowest BCUT2D eigenvalue weighted by Gasteiger charge is -2.31. The molecule has 0 bridgehead atoms. The van der Waals surface area contributed by atoms with Crippen molar-refractivity contribution in [2.45, 2.75) is 52.4 Å². The van der Waals surface area contributed by atoms with Crippen LogP contribution in [0.5, 0.6) is 0 Å². The van der Waals surface area contributed by atoms with E-state index in [1.165, 1.54) is 0 Å². The highest BCUT2D eigenvalue weighted by molar-refractivity contribution is 5.68. The van der Waals surface area contributed by atoms with E-state index in [2.05, 4.69) is 34.0 Å². The highest BCUT2D eigenvalue weighted by atomic mass is 16.5. The highest BCUT2D eigenvalue weighted by Crippen LogP contribution is 2.34. The van der Waals surface area contributed by atoms with Crippen LogP contribution in [-0.2, 0) is 16.0 Å². The Morgan fingerprint density at radius 2 is 1.94 bits per heavy atom. The third-order valence-electron chi connectivity index (χ3n) is 5.97. The molecule has 0 aliphatic carbocycles. The van der Waals surface area contributed by atoms with Crippen molar-refractivity contribution in [1.82, 2.24) is 10.1 Å². The molecule has 1 aromatic carbocycles. The van der Waals surface area contributed by atoms with Crippen LogP contribution in [0.25, 0.3) is 11.3 Å². The van der Waals surface area contributed by atoms with E-state index in [0.29, 0.717) is 32.8 Å². The van der Waals surface area contributed by atoms with Crippen molar-refractivity contribution in [3.8, 4) is 11.3 Å². The predicted octanol–water partition coefficient (Wildman–Crippen LogP) is 3.81. The Balaban J connectivity index is 1.84. The number of methoxy groups -OCH3 is 1. The molecular formula is C25H39N3O4. The number of aliphatic hydroxyl groups is 1. The fourth-order valence-electron chi connectivity index (χ4n) is 4.06. The molecule has 1 fully saturated rings. The van der Waals surface area contributed by atoms with Crippen molar-refractivity contribution >= 4 is 5.88 Å². The van der Waals surface area contributed by atoms with Gasteiger partial charge in [0.25, 0.3) is 0 Å². The maximum absolute atomic E-state index is 10.6. The topological polar surface area (TPSA) is 71.2 Å². The molecule has 32 heavy (non-hydrogen) atoms. The standard InChI is InChI=1S/C25H39N3O4/c1-19(2)31-18-22(29)16-27(14-15-30-4)17-23-24(21-8-6-5-7-9-21)26-32-25(23)28-12-10-20(3)11-13-28/h5-9,19-20,22,29H,10-18H2,1-4H3/t22-/m1/s1. The van der Waals surface area contributed by atoms with E-state index in [1.807, 2.05) is 32.0 Å². The van der Waals surface area contributed by atoms with Gasteiger partial charge in [0.2, 0.25) is 5.88 Å². The van der Waals surface area contributed by atoms with Crippen LogP contribution in [0.1, 0.15) is 39.2 Å². The normalized spacial score (nSPS) is 16.3. The number of hydrogen-bond donors (Lipinski definition) is 1. The van der Waals surface area contributed by atoms with Crippen LogP contribution in [0.15, 0.2) is 34.9 Å². The minimum Gasteiger partial charge on any atom is -0.389 e. The van der Waals surface area contributed by atoms with Gasteiger partial charge in [0.05, 0.1) is 31.0 Å². The molecule has 0 amide bonds. The summed E-state index contributed by atoms with van der Waals surface area (Å²) in [6, 6.07) is 10.2. The predicted molar refractivity (Wildman–Crippen MR) is 127 cm³/mol. The van der Waals surface area contributed by atoms with Gasteiger partial charge in [-0.05, 0) is 32.6 Å². The summed E-state index contributed by atoms with van der Waals surface area (Å²) in [5, 5.41) is 15.1. The maximum Gasteiger partial charge on any atom is 0.232 e. The van der Waals surface area contributed by atoms with Gasteiger partial charge in [-0.15, -0.1) is 0 Å². The molecule has 2 heterocycles. The monoisotopic (exact) mass is 445 g/mol. The lowest BCUT2D eigenvalue weighted by Crippen LogP contribution is -2.38. The second kappa shape index (κ2) is 12.3. The molecule has 0 spiro atoms. The average Bonchev–Trinajstić information content (AvgIpc) is 3.20. The van der Waals surface area contributed by atoms with Gasteiger partial charge in [0.1, 0.15) is 5.69 Å². The van der Waals surface area contributed by atoms with Crippen LogP contribution in [0, 0.1) is 5.92 Å². The van der Waals surface area contributed by atoms with Gasteiger partial charge in [-0.25, -0.2) is 0 Å². The quantitative estimate of drug-likeness (QED) is 0.533. The van der Waals surface area contributed by atoms with Gasteiger partial charge < -0.3 is 24.0 Å². The van der Waals surface area contributed by atoms with Crippen molar-refractivity contribution in [1.29, 1.82) is 0 Å². The van der Waals surface area contributed by atoms with Crippen LogP contribution in [0.3, 0.4) is 0 Å². The fraction of sp³-hybridized carbons (Fsp3) is 0.640. The molecule has 2 aromatic rings. The van der Waals surface area contributed by atoms with E-state index in [-0.39, 0.29) is 6.10 Å². The average molecular weight is 446 g/mol. The summed E-state index contributed by atoms with van der Waals surface area (Å²) in [4.78, 5) is 4.52. The Kier molecular flexibility index (Phi) is 9.53. The molecule has 0 unspecified atom stereocenters. The molecule has 1 aromatic heterocycles. The Morgan fingerprint density at radius 1 is 1.22 bits per heavy atom. The minimum absolute atomic E-state index is 0.0907. The summed E-state index contributed by atoms with van der Waals surface area (Å²) in [6.07, 6.45) is 1.82. The Hall–Kier alpha value is -1.93. The van der Waals surface area contributed by atoms with Crippen molar-refractivity contribution in [3.63, 3.8) is 0 Å². The summed E-state index contributed by atoms with van der Waals surface area (Å²) in [5.41, 5.74) is 2.98. The van der Waals surface area contributed by atoms with E-state index in [1.54, 1.807) is 7.11 Å². The van der Waals surface area contributed by atoms with E-state index in [9.17, 15) is 5.11 Å². The summed E-state index contributed by atoms with van der Waals surface area (Å²) >= 11 is 0. The number of anilines is 1. The smallest absolute Gasteiger partial charge is 0.232 e. The molecule has 7 nitrogen and oxygen atoms in total. The van der Waals surface area contributed by atoms with Gasteiger partial charge in [-0.1, -0.05) is 42.4 Å². The highest BCUT2D eigenvalue weighted by Gasteiger charge is 2.27. The molecule has 0 radical (unpaired) electrons. The minimum atomic E-state index is -0.575. The molecule has 3 rings (SSSR count). The number of benzene rings is 1. The first kappa shape index (κ1) is 24.7.